The average Bonchev–Trinajstić information content (AvgIpc) is 2.35. The molecule has 1 saturated heterocycles. The number of aromatic hydroxyl groups is 1. The molecule has 6 heteroatoms. The third-order valence-electron chi connectivity index (χ3n) is 3.22. The Balaban J connectivity index is 2.13. The SMILES string of the molecule is O=C(O)CC1CSCCN1Cc1c(O)cccc1Cl. The van der Waals surface area contributed by atoms with Gasteiger partial charge in [-0.15, -0.1) is 0 Å². The number of carboxylic acids is 1. The molecule has 1 aromatic rings. The fourth-order valence-corrected chi connectivity index (χ4v) is 3.55. The van der Waals surface area contributed by atoms with Gasteiger partial charge in [-0.2, -0.15) is 11.8 Å². The topological polar surface area (TPSA) is 60.8 Å². The number of halogens is 1. The van der Waals surface area contributed by atoms with E-state index in [4.69, 9.17) is 16.7 Å². The van der Waals surface area contributed by atoms with Crippen molar-refractivity contribution in [3.8, 4) is 5.75 Å². The predicted molar refractivity (Wildman–Crippen MR) is 76.9 cm³/mol. The summed E-state index contributed by atoms with van der Waals surface area (Å²) < 4.78 is 0. The first-order valence-electron chi connectivity index (χ1n) is 6.08. The van der Waals surface area contributed by atoms with Gasteiger partial charge in [-0.25, -0.2) is 0 Å². The molecule has 0 aliphatic carbocycles. The molecular weight excluding hydrogens is 286 g/mol. The van der Waals surface area contributed by atoms with Crippen molar-refractivity contribution >= 4 is 29.3 Å². The minimum absolute atomic E-state index is 0.00748. The largest absolute Gasteiger partial charge is 0.508 e. The zero-order valence-electron chi connectivity index (χ0n) is 10.4. The molecule has 0 amide bonds. The Morgan fingerprint density at radius 3 is 3.00 bits per heavy atom. The number of carbonyl (C=O) groups is 1. The summed E-state index contributed by atoms with van der Waals surface area (Å²) in [5, 5.41) is 19.3. The number of hydrogen-bond acceptors (Lipinski definition) is 4. The fraction of sp³-hybridized carbons (Fsp3) is 0.462. The summed E-state index contributed by atoms with van der Waals surface area (Å²) in [5.74, 6) is 1.15. The van der Waals surface area contributed by atoms with Crippen LogP contribution in [0.4, 0.5) is 0 Å². The van der Waals surface area contributed by atoms with Crippen molar-refractivity contribution in [1.82, 2.24) is 4.90 Å². The second-order valence-corrected chi connectivity index (χ2v) is 6.09. The van der Waals surface area contributed by atoms with Crippen molar-refractivity contribution in [3.05, 3.63) is 28.8 Å². The summed E-state index contributed by atoms with van der Waals surface area (Å²) in [7, 11) is 0. The number of phenolic OH excluding ortho intramolecular Hbond substituents is 1. The quantitative estimate of drug-likeness (QED) is 0.894. The van der Waals surface area contributed by atoms with Gasteiger partial charge in [0.05, 0.1) is 6.42 Å². The Hall–Kier alpha value is -0.910. The van der Waals surface area contributed by atoms with Gasteiger partial charge < -0.3 is 10.2 Å². The lowest BCUT2D eigenvalue weighted by atomic mass is 10.1. The first-order valence-corrected chi connectivity index (χ1v) is 7.61. The molecule has 1 aromatic carbocycles. The van der Waals surface area contributed by atoms with E-state index in [-0.39, 0.29) is 18.2 Å². The van der Waals surface area contributed by atoms with Gasteiger partial charge in [0.1, 0.15) is 5.75 Å². The van der Waals surface area contributed by atoms with Gasteiger partial charge >= 0.3 is 5.97 Å². The van der Waals surface area contributed by atoms with Crippen LogP contribution in [0.25, 0.3) is 0 Å². The van der Waals surface area contributed by atoms with E-state index in [1.807, 2.05) is 0 Å². The molecule has 1 aliphatic heterocycles. The van der Waals surface area contributed by atoms with Crippen LogP contribution in [0, 0.1) is 0 Å². The number of carboxylic acid groups (broad SMARTS) is 1. The molecule has 0 aromatic heterocycles. The monoisotopic (exact) mass is 301 g/mol. The number of aliphatic carboxylic acids is 1. The van der Waals surface area contributed by atoms with Crippen LogP contribution in [0.3, 0.4) is 0 Å². The predicted octanol–water partition coefficient (Wildman–Crippen LogP) is 2.44. The molecule has 19 heavy (non-hydrogen) atoms. The van der Waals surface area contributed by atoms with E-state index >= 15 is 0 Å². The van der Waals surface area contributed by atoms with Crippen LogP contribution >= 0.6 is 23.4 Å². The van der Waals surface area contributed by atoms with Gasteiger partial charge in [0.15, 0.2) is 0 Å². The smallest absolute Gasteiger partial charge is 0.304 e. The Morgan fingerprint density at radius 2 is 2.32 bits per heavy atom. The van der Waals surface area contributed by atoms with Gasteiger partial charge in [0, 0.05) is 41.2 Å². The van der Waals surface area contributed by atoms with Crippen LogP contribution in [0.1, 0.15) is 12.0 Å². The van der Waals surface area contributed by atoms with Gasteiger partial charge in [-0.3, -0.25) is 9.69 Å². The summed E-state index contributed by atoms with van der Waals surface area (Å²) in [5.41, 5.74) is 0.673. The van der Waals surface area contributed by atoms with Crippen LogP contribution < -0.4 is 0 Å². The lowest BCUT2D eigenvalue weighted by Crippen LogP contribution is -2.43. The highest BCUT2D eigenvalue weighted by atomic mass is 35.5. The van der Waals surface area contributed by atoms with E-state index in [9.17, 15) is 9.90 Å². The zero-order chi connectivity index (χ0) is 13.8. The first kappa shape index (κ1) is 14.5. The number of benzene rings is 1. The van der Waals surface area contributed by atoms with E-state index < -0.39 is 5.97 Å². The molecule has 2 N–H and O–H groups in total. The average molecular weight is 302 g/mol. The van der Waals surface area contributed by atoms with Gasteiger partial charge in [-0.05, 0) is 12.1 Å². The van der Waals surface area contributed by atoms with Crippen LogP contribution in [0.2, 0.25) is 5.02 Å². The second-order valence-electron chi connectivity index (χ2n) is 4.53. The molecular formula is C13H16ClNO3S. The van der Waals surface area contributed by atoms with Crippen molar-refractivity contribution in [2.75, 3.05) is 18.1 Å². The lowest BCUT2D eigenvalue weighted by Gasteiger charge is -2.34. The molecule has 4 nitrogen and oxygen atoms in total. The summed E-state index contributed by atoms with van der Waals surface area (Å²) in [6.07, 6.45) is 0.123. The molecule has 1 unspecified atom stereocenters. The van der Waals surface area contributed by atoms with Crippen LogP contribution in [0.15, 0.2) is 18.2 Å². The molecule has 1 atom stereocenters. The summed E-state index contributed by atoms with van der Waals surface area (Å²) in [4.78, 5) is 13.0. The Morgan fingerprint density at radius 1 is 1.53 bits per heavy atom. The van der Waals surface area contributed by atoms with Gasteiger partial charge in [-0.1, -0.05) is 17.7 Å². The molecule has 1 fully saturated rings. The molecule has 2 rings (SSSR count). The highest BCUT2D eigenvalue weighted by Gasteiger charge is 2.26. The molecule has 1 heterocycles. The standard InChI is InChI=1S/C13H16ClNO3S/c14-11-2-1-3-12(16)10(11)7-15-4-5-19-8-9(15)6-13(17)18/h1-3,9,16H,4-8H2,(H,17,18). The number of nitrogens with zero attached hydrogens (tertiary/aromatic N) is 1. The van der Waals surface area contributed by atoms with Crippen LogP contribution in [-0.4, -0.2) is 45.2 Å². The number of rotatable bonds is 4. The third kappa shape index (κ3) is 3.78. The highest BCUT2D eigenvalue weighted by Crippen LogP contribution is 2.29. The van der Waals surface area contributed by atoms with Crippen molar-refractivity contribution in [2.45, 2.75) is 19.0 Å². The maximum absolute atomic E-state index is 10.9. The Labute approximate surface area is 121 Å². The number of hydrogen-bond donors (Lipinski definition) is 2. The highest BCUT2D eigenvalue weighted by molar-refractivity contribution is 7.99. The molecule has 0 spiro atoms. The van der Waals surface area contributed by atoms with E-state index in [0.717, 1.165) is 18.1 Å². The second kappa shape index (κ2) is 6.50. The minimum atomic E-state index is -0.791. The van der Waals surface area contributed by atoms with Crippen molar-refractivity contribution in [3.63, 3.8) is 0 Å². The van der Waals surface area contributed by atoms with Crippen LogP contribution in [-0.2, 0) is 11.3 Å². The van der Waals surface area contributed by atoms with E-state index in [1.165, 1.54) is 0 Å². The molecule has 0 saturated carbocycles. The number of phenols is 1. The molecule has 1 aliphatic rings. The van der Waals surface area contributed by atoms with Crippen LogP contribution in [0.5, 0.6) is 5.75 Å². The Kier molecular flexibility index (Phi) is 4.96. The van der Waals surface area contributed by atoms with Crippen molar-refractivity contribution < 1.29 is 15.0 Å². The normalized spacial score (nSPS) is 20.4. The molecule has 0 bridgehead atoms. The zero-order valence-corrected chi connectivity index (χ0v) is 12.0. The van der Waals surface area contributed by atoms with Crippen molar-refractivity contribution in [2.24, 2.45) is 0 Å². The maximum atomic E-state index is 10.9. The van der Waals surface area contributed by atoms with Gasteiger partial charge in [0.25, 0.3) is 0 Å². The lowest BCUT2D eigenvalue weighted by molar-refractivity contribution is -0.138. The van der Waals surface area contributed by atoms with E-state index in [2.05, 4.69) is 4.90 Å². The number of thioether (sulfide) groups is 1. The summed E-state index contributed by atoms with van der Waals surface area (Å²) in [6, 6.07) is 5.03. The summed E-state index contributed by atoms with van der Waals surface area (Å²) >= 11 is 7.86. The minimum Gasteiger partial charge on any atom is -0.508 e. The van der Waals surface area contributed by atoms with Crippen molar-refractivity contribution in [1.29, 1.82) is 0 Å². The summed E-state index contributed by atoms with van der Waals surface area (Å²) in [6.45, 7) is 1.30. The molecule has 104 valence electrons. The van der Waals surface area contributed by atoms with E-state index in [1.54, 1.807) is 30.0 Å². The first-order chi connectivity index (χ1) is 9.08. The Bertz CT molecular complexity index is 449. The van der Waals surface area contributed by atoms with E-state index in [0.29, 0.717) is 17.1 Å². The maximum Gasteiger partial charge on any atom is 0.304 e. The fourth-order valence-electron chi connectivity index (χ4n) is 2.19. The molecule has 0 radical (unpaired) electrons. The third-order valence-corrected chi connectivity index (χ3v) is 4.66. The van der Waals surface area contributed by atoms with Gasteiger partial charge in [0.2, 0.25) is 0 Å².